The summed E-state index contributed by atoms with van der Waals surface area (Å²) >= 11 is 12.4. The Morgan fingerprint density at radius 3 is 2.40 bits per heavy atom. The van der Waals surface area contributed by atoms with E-state index < -0.39 is 0 Å². The predicted octanol–water partition coefficient (Wildman–Crippen LogP) is 5.77. The van der Waals surface area contributed by atoms with E-state index in [0.29, 0.717) is 21.2 Å². The molecule has 0 bridgehead atoms. The van der Waals surface area contributed by atoms with E-state index in [2.05, 4.69) is 13.8 Å². The van der Waals surface area contributed by atoms with Crippen LogP contribution in [-0.4, -0.2) is 28.0 Å². The first-order valence-corrected chi connectivity index (χ1v) is 9.25. The van der Waals surface area contributed by atoms with E-state index in [1.54, 1.807) is 36.4 Å². The zero-order valence-electron chi connectivity index (χ0n) is 14.3. The number of hydrogen-bond donors (Lipinski definition) is 1. The molecule has 1 heterocycles. The average Bonchev–Trinajstić information content (AvgIpc) is 2.56. The average molecular weight is 378 g/mol. The number of likely N-dealkylation sites (tertiary alicyclic amines) is 1. The number of amides is 1. The molecule has 25 heavy (non-hydrogen) atoms. The molecule has 132 valence electrons. The summed E-state index contributed by atoms with van der Waals surface area (Å²) in [7, 11) is 0. The van der Waals surface area contributed by atoms with Crippen molar-refractivity contribution in [2.45, 2.75) is 45.2 Å². The van der Waals surface area contributed by atoms with Crippen LogP contribution in [0.2, 0.25) is 10.0 Å². The summed E-state index contributed by atoms with van der Waals surface area (Å²) in [6.07, 6.45) is 3.18. The highest BCUT2D eigenvalue weighted by Gasteiger charge is 2.30. The zero-order valence-corrected chi connectivity index (χ0v) is 15.8. The van der Waals surface area contributed by atoms with Crippen LogP contribution in [0.25, 0.3) is 11.1 Å². The highest BCUT2D eigenvalue weighted by molar-refractivity contribution is 6.34. The third kappa shape index (κ3) is 3.63. The van der Waals surface area contributed by atoms with Crippen LogP contribution in [0.15, 0.2) is 36.4 Å². The smallest absolute Gasteiger partial charge is 0.255 e. The van der Waals surface area contributed by atoms with Gasteiger partial charge in [-0.3, -0.25) is 4.79 Å². The first-order valence-electron chi connectivity index (χ1n) is 8.49. The van der Waals surface area contributed by atoms with Crippen molar-refractivity contribution in [3.05, 3.63) is 52.0 Å². The van der Waals surface area contributed by atoms with Crippen LogP contribution in [-0.2, 0) is 0 Å². The number of carbonyl (C=O) groups is 1. The summed E-state index contributed by atoms with van der Waals surface area (Å²) in [5.74, 6) is 0.0874. The van der Waals surface area contributed by atoms with Gasteiger partial charge in [-0.1, -0.05) is 29.3 Å². The van der Waals surface area contributed by atoms with Gasteiger partial charge in [0, 0.05) is 22.7 Å². The van der Waals surface area contributed by atoms with Crippen molar-refractivity contribution in [2.24, 2.45) is 0 Å². The van der Waals surface area contributed by atoms with Crippen LogP contribution < -0.4 is 0 Å². The van der Waals surface area contributed by atoms with E-state index in [-0.39, 0.29) is 23.7 Å². The van der Waals surface area contributed by atoms with E-state index in [4.69, 9.17) is 23.2 Å². The summed E-state index contributed by atoms with van der Waals surface area (Å²) < 4.78 is 0. The Morgan fingerprint density at radius 2 is 1.76 bits per heavy atom. The number of piperidine rings is 1. The van der Waals surface area contributed by atoms with Gasteiger partial charge in [-0.05, 0) is 69.0 Å². The predicted molar refractivity (Wildman–Crippen MR) is 103 cm³/mol. The van der Waals surface area contributed by atoms with Crippen LogP contribution in [0.1, 0.15) is 43.5 Å². The monoisotopic (exact) mass is 377 g/mol. The number of aromatic hydroxyl groups is 1. The molecule has 0 aromatic heterocycles. The third-order valence-electron chi connectivity index (χ3n) is 4.90. The number of rotatable bonds is 2. The summed E-state index contributed by atoms with van der Waals surface area (Å²) in [4.78, 5) is 14.9. The summed E-state index contributed by atoms with van der Waals surface area (Å²) in [5.41, 5.74) is 1.81. The van der Waals surface area contributed by atoms with Gasteiger partial charge in [0.15, 0.2) is 0 Å². The number of carbonyl (C=O) groups excluding carboxylic acids is 1. The molecule has 0 spiro atoms. The number of phenolic OH excluding ortho intramolecular Hbond substituents is 1. The van der Waals surface area contributed by atoms with Gasteiger partial charge < -0.3 is 10.0 Å². The van der Waals surface area contributed by atoms with Gasteiger partial charge >= 0.3 is 0 Å². The lowest BCUT2D eigenvalue weighted by atomic mass is 9.96. The van der Waals surface area contributed by atoms with Gasteiger partial charge in [0.05, 0.1) is 10.6 Å². The van der Waals surface area contributed by atoms with Gasteiger partial charge in [0.25, 0.3) is 5.91 Å². The van der Waals surface area contributed by atoms with Crippen molar-refractivity contribution in [1.29, 1.82) is 0 Å². The molecule has 2 atom stereocenters. The number of phenols is 1. The molecular formula is C20H21Cl2NO2. The van der Waals surface area contributed by atoms with E-state index in [1.165, 1.54) is 0 Å². The van der Waals surface area contributed by atoms with Gasteiger partial charge in [0.2, 0.25) is 0 Å². The molecule has 1 aliphatic rings. The standard InChI is InChI=1S/C20H21Cl2NO2/c1-12-4-3-5-13(2)23(12)20(25)16-8-6-14(10-18(16)22)17-11-15(21)7-9-19(17)24/h6-13,24H,3-5H2,1-2H3/t12-,13+. The fourth-order valence-corrected chi connectivity index (χ4v) is 3.99. The molecular weight excluding hydrogens is 357 g/mol. The van der Waals surface area contributed by atoms with Gasteiger partial charge in [-0.15, -0.1) is 0 Å². The largest absolute Gasteiger partial charge is 0.507 e. The topological polar surface area (TPSA) is 40.5 Å². The van der Waals surface area contributed by atoms with Crippen LogP contribution >= 0.6 is 23.2 Å². The van der Waals surface area contributed by atoms with Crippen LogP contribution in [0.4, 0.5) is 0 Å². The Hall–Kier alpha value is -1.71. The minimum atomic E-state index is -0.0356. The first kappa shape index (κ1) is 18.1. The Balaban J connectivity index is 1.94. The van der Waals surface area contributed by atoms with Crippen molar-refractivity contribution >= 4 is 29.1 Å². The Kier molecular flexibility index (Phi) is 5.26. The number of halogens is 2. The molecule has 0 radical (unpaired) electrons. The second-order valence-electron chi connectivity index (χ2n) is 6.70. The Labute approximate surface area is 158 Å². The zero-order chi connectivity index (χ0) is 18.1. The third-order valence-corrected chi connectivity index (χ3v) is 5.44. The van der Waals surface area contributed by atoms with Crippen molar-refractivity contribution < 1.29 is 9.90 Å². The van der Waals surface area contributed by atoms with Gasteiger partial charge in [0.1, 0.15) is 5.75 Å². The van der Waals surface area contributed by atoms with Crippen molar-refractivity contribution in [1.82, 2.24) is 4.90 Å². The quantitative estimate of drug-likeness (QED) is 0.721. The molecule has 0 unspecified atom stereocenters. The lowest BCUT2D eigenvalue weighted by Crippen LogP contribution is -2.47. The van der Waals surface area contributed by atoms with Crippen molar-refractivity contribution in [2.75, 3.05) is 0 Å². The van der Waals surface area contributed by atoms with E-state index >= 15 is 0 Å². The van der Waals surface area contributed by atoms with Crippen LogP contribution in [0, 0.1) is 0 Å². The number of nitrogens with zero attached hydrogens (tertiary/aromatic N) is 1. The summed E-state index contributed by atoms with van der Waals surface area (Å²) in [5, 5.41) is 11.0. The maximum Gasteiger partial charge on any atom is 0.255 e. The maximum atomic E-state index is 13.0. The van der Waals surface area contributed by atoms with Gasteiger partial charge in [-0.25, -0.2) is 0 Å². The fraction of sp³-hybridized carbons (Fsp3) is 0.350. The second kappa shape index (κ2) is 7.27. The van der Waals surface area contributed by atoms with Crippen LogP contribution in [0.5, 0.6) is 5.75 Å². The fourth-order valence-electron chi connectivity index (χ4n) is 3.56. The van der Waals surface area contributed by atoms with Crippen molar-refractivity contribution in [3.63, 3.8) is 0 Å². The molecule has 2 aromatic carbocycles. The summed E-state index contributed by atoms with van der Waals surface area (Å²) in [6, 6.07) is 10.5. The highest BCUT2D eigenvalue weighted by atomic mass is 35.5. The van der Waals surface area contributed by atoms with E-state index in [9.17, 15) is 9.90 Å². The SMILES string of the molecule is C[C@@H]1CCC[C@H](C)N1C(=O)c1ccc(-c2cc(Cl)ccc2O)cc1Cl. The molecule has 5 heteroatoms. The first-order chi connectivity index (χ1) is 11.9. The molecule has 0 aliphatic carbocycles. The van der Waals surface area contributed by atoms with E-state index in [0.717, 1.165) is 24.8 Å². The van der Waals surface area contributed by atoms with E-state index in [1.807, 2.05) is 4.90 Å². The molecule has 1 fully saturated rings. The van der Waals surface area contributed by atoms with Crippen LogP contribution in [0.3, 0.4) is 0 Å². The number of benzene rings is 2. The molecule has 1 saturated heterocycles. The lowest BCUT2D eigenvalue weighted by Gasteiger charge is -2.39. The molecule has 1 N–H and O–H groups in total. The molecule has 3 nitrogen and oxygen atoms in total. The molecule has 1 aliphatic heterocycles. The highest BCUT2D eigenvalue weighted by Crippen LogP contribution is 2.35. The van der Waals surface area contributed by atoms with Gasteiger partial charge in [-0.2, -0.15) is 0 Å². The second-order valence-corrected chi connectivity index (χ2v) is 7.54. The lowest BCUT2D eigenvalue weighted by molar-refractivity contribution is 0.0511. The summed E-state index contributed by atoms with van der Waals surface area (Å²) in [6.45, 7) is 4.17. The maximum absolute atomic E-state index is 13.0. The normalized spacial score (nSPS) is 20.6. The number of hydrogen-bond acceptors (Lipinski definition) is 2. The molecule has 0 saturated carbocycles. The molecule has 2 aromatic rings. The Morgan fingerprint density at radius 1 is 1.08 bits per heavy atom. The minimum absolute atomic E-state index is 0.0356. The molecule has 3 rings (SSSR count). The van der Waals surface area contributed by atoms with Crippen molar-refractivity contribution in [3.8, 4) is 16.9 Å². The molecule has 1 amide bonds. The Bertz CT molecular complexity index is 796. The minimum Gasteiger partial charge on any atom is -0.507 e.